The van der Waals surface area contributed by atoms with Gasteiger partial charge in [0, 0.05) is 22.3 Å². The van der Waals surface area contributed by atoms with Crippen LogP contribution in [-0.4, -0.2) is 10.1 Å². The van der Waals surface area contributed by atoms with Crippen molar-refractivity contribution in [3.63, 3.8) is 0 Å². The van der Waals surface area contributed by atoms with Gasteiger partial charge in [-0.05, 0) is 37.1 Å². The highest BCUT2D eigenvalue weighted by Crippen LogP contribution is 2.26. The van der Waals surface area contributed by atoms with Gasteiger partial charge in [0.2, 0.25) is 0 Å². The van der Waals surface area contributed by atoms with E-state index in [-0.39, 0.29) is 0 Å². The molecule has 2 rings (SSSR count). The molecule has 0 amide bonds. The van der Waals surface area contributed by atoms with Crippen LogP contribution in [0.5, 0.6) is 0 Å². The van der Waals surface area contributed by atoms with Crippen molar-refractivity contribution >= 4 is 11.6 Å². The van der Waals surface area contributed by atoms with Crippen molar-refractivity contribution in [2.75, 3.05) is 0 Å². The van der Waals surface area contributed by atoms with Crippen LogP contribution >= 0.6 is 11.6 Å². The smallest absolute Gasteiger partial charge is 0.0841 e. The summed E-state index contributed by atoms with van der Waals surface area (Å²) < 4.78 is 0. The van der Waals surface area contributed by atoms with E-state index in [1.54, 1.807) is 12.3 Å². The van der Waals surface area contributed by atoms with E-state index in [9.17, 15) is 5.11 Å². The minimum Gasteiger partial charge on any atom is -0.388 e. The molecule has 3 heteroatoms. The molecule has 0 saturated heterocycles. The Kier molecular flexibility index (Phi) is 4.35. The molecule has 1 heterocycles. The van der Waals surface area contributed by atoms with E-state index in [1.807, 2.05) is 37.3 Å². The first-order chi connectivity index (χ1) is 9.11. The lowest BCUT2D eigenvalue weighted by molar-refractivity contribution is 0.180. The van der Waals surface area contributed by atoms with E-state index in [0.29, 0.717) is 11.4 Å². The Hall–Kier alpha value is -1.64. The summed E-state index contributed by atoms with van der Waals surface area (Å²) in [6, 6.07) is 9.54. The van der Waals surface area contributed by atoms with Gasteiger partial charge in [-0.3, -0.25) is 4.98 Å². The van der Waals surface area contributed by atoms with Gasteiger partial charge in [-0.2, -0.15) is 0 Å². The molecular weight excluding hydrogens is 258 g/mol. The van der Waals surface area contributed by atoms with Gasteiger partial charge in [0.25, 0.3) is 0 Å². The lowest BCUT2D eigenvalue weighted by Gasteiger charge is -2.12. The maximum atomic E-state index is 9.97. The molecule has 1 unspecified atom stereocenters. The molecule has 0 spiro atoms. The first kappa shape index (κ1) is 13.8. The van der Waals surface area contributed by atoms with Gasteiger partial charge in [0.1, 0.15) is 0 Å². The largest absolute Gasteiger partial charge is 0.388 e. The number of rotatable bonds is 4. The normalized spacial score (nSPS) is 12.2. The van der Waals surface area contributed by atoms with Crippen molar-refractivity contribution in [3.8, 4) is 11.3 Å². The zero-order valence-electron chi connectivity index (χ0n) is 10.8. The molecule has 0 saturated carbocycles. The van der Waals surface area contributed by atoms with Crippen molar-refractivity contribution in [3.05, 3.63) is 65.3 Å². The number of hydrogen-bond donors (Lipinski definition) is 1. The van der Waals surface area contributed by atoms with Crippen LogP contribution in [0.15, 0.2) is 49.2 Å². The van der Waals surface area contributed by atoms with Crippen LogP contribution in [0.2, 0.25) is 5.02 Å². The fourth-order valence-corrected chi connectivity index (χ4v) is 2.20. The summed E-state index contributed by atoms with van der Waals surface area (Å²) in [6.45, 7) is 5.61. The zero-order valence-corrected chi connectivity index (χ0v) is 11.6. The van der Waals surface area contributed by atoms with E-state index in [2.05, 4.69) is 11.6 Å². The highest BCUT2D eigenvalue weighted by atomic mass is 35.5. The van der Waals surface area contributed by atoms with Crippen molar-refractivity contribution in [2.45, 2.75) is 19.4 Å². The summed E-state index contributed by atoms with van der Waals surface area (Å²) in [5, 5.41) is 10.7. The number of aryl methyl sites for hydroxylation is 1. The Balaban J connectivity index is 2.36. The summed E-state index contributed by atoms with van der Waals surface area (Å²) >= 11 is 5.98. The van der Waals surface area contributed by atoms with Crippen molar-refractivity contribution in [1.82, 2.24) is 4.98 Å². The first-order valence-electron chi connectivity index (χ1n) is 6.13. The highest BCUT2D eigenvalue weighted by molar-refractivity contribution is 6.30. The zero-order chi connectivity index (χ0) is 13.8. The van der Waals surface area contributed by atoms with Crippen LogP contribution in [-0.2, 0) is 0 Å². The number of halogens is 1. The molecule has 0 fully saturated rings. The Labute approximate surface area is 118 Å². The molecular formula is C16H16ClNO. The van der Waals surface area contributed by atoms with E-state index in [0.717, 1.165) is 22.4 Å². The minimum absolute atomic E-state index is 0.527. The minimum atomic E-state index is -0.543. The summed E-state index contributed by atoms with van der Waals surface area (Å²) in [5.74, 6) is 0. The fourth-order valence-electron chi connectivity index (χ4n) is 2.01. The maximum absolute atomic E-state index is 9.97. The number of pyridine rings is 1. The molecule has 0 aliphatic rings. The molecule has 1 aromatic heterocycles. The van der Waals surface area contributed by atoms with Gasteiger partial charge in [-0.15, -0.1) is 6.58 Å². The Morgan fingerprint density at radius 3 is 2.84 bits per heavy atom. The molecule has 1 aromatic carbocycles. The molecule has 2 nitrogen and oxygen atoms in total. The Bertz CT molecular complexity index is 595. The molecule has 98 valence electrons. The molecule has 1 atom stereocenters. The predicted molar refractivity (Wildman–Crippen MR) is 79.2 cm³/mol. The molecule has 19 heavy (non-hydrogen) atoms. The second kappa shape index (κ2) is 6.00. The molecule has 2 aromatic rings. The number of aromatic nitrogens is 1. The van der Waals surface area contributed by atoms with E-state index in [4.69, 9.17) is 11.6 Å². The maximum Gasteiger partial charge on any atom is 0.0841 e. The standard InChI is InChI=1S/C16H16ClNO/c1-3-5-16(19)14-10-18-15(8-11(14)2)12-6-4-7-13(17)9-12/h3-4,6-10,16,19H,1,5H2,2H3. The molecule has 0 aliphatic heterocycles. The van der Waals surface area contributed by atoms with Crippen LogP contribution < -0.4 is 0 Å². The van der Waals surface area contributed by atoms with Crippen LogP contribution in [0.1, 0.15) is 23.7 Å². The third kappa shape index (κ3) is 3.22. The molecule has 1 N–H and O–H groups in total. The Morgan fingerprint density at radius 1 is 1.42 bits per heavy atom. The quantitative estimate of drug-likeness (QED) is 0.842. The third-order valence-electron chi connectivity index (χ3n) is 3.02. The van der Waals surface area contributed by atoms with Crippen LogP contribution in [0, 0.1) is 6.92 Å². The number of benzene rings is 1. The predicted octanol–water partition coefficient (Wildman–Crippen LogP) is 4.32. The topological polar surface area (TPSA) is 33.1 Å². The monoisotopic (exact) mass is 273 g/mol. The third-order valence-corrected chi connectivity index (χ3v) is 3.26. The number of aliphatic hydroxyl groups is 1. The first-order valence-corrected chi connectivity index (χ1v) is 6.51. The molecule has 0 aliphatic carbocycles. The van der Waals surface area contributed by atoms with Crippen molar-refractivity contribution in [2.24, 2.45) is 0 Å². The number of aliphatic hydroxyl groups excluding tert-OH is 1. The van der Waals surface area contributed by atoms with Gasteiger partial charge >= 0.3 is 0 Å². The summed E-state index contributed by atoms with van der Waals surface area (Å²) in [5.41, 5.74) is 3.68. The average Bonchev–Trinajstić information content (AvgIpc) is 2.38. The number of nitrogens with zero attached hydrogens (tertiary/aromatic N) is 1. The van der Waals surface area contributed by atoms with Crippen LogP contribution in [0.25, 0.3) is 11.3 Å². The van der Waals surface area contributed by atoms with Crippen molar-refractivity contribution in [1.29, 1.82) is 0 Å². The van der Waals surface area contributed by atoms with Crippen LogP contribution in [0.4, 0.5) is 0 Å². The average molecular weight is 274 g/mol. The van der Waals surface area contributed by atoms with Gasteiger partial charge < -0.3 is 5.11 Å². The SMILES string of the molecule is C=CCC(O)c1cnc(-c2cccc(Cl)c2)cc1C. The van der Waals surface area contributed by atoms with E-state index in [1.165, 1.54) is 0 Å². The van der Waals surface area contributed by atoms with Gasteiger partial charge in [0.15, 0.2) is 0 Å². The van der Waals surface area contributed by atoms with Gasteiger partial charge in [-0.1, -0.05) is 29.8 Å². The van der Waals surface area contributed by atoms with Gasteiger partial charge in [0.05, 0.1) is 11.8 Å². The van der Waals surface area contributed by atoms with E-state index >= 15 is 0 Å². The molecule has 0 bridgehead atoms. The number of hydrogen-bond acceptors (Lipinski definition) is 2. The second-order valence-corrected chi connectivity index (χ2v) is 4.91. The lowest BCUT2D eigenvalue weighted by Crippen LogP contribution is -2.00. The van der Waals surface area contributed by atoms with Gasteiger partial charge in [-0.25, -0.2) is 0 Å². The van der Waals surface area contributed by atoms with E-state index < -0.39 is 6.10 Å². The second-order valence-electron chi connectivity index (χ2n) is 4.48. The summed E-state index contributed by atoms with van der Waals surface area (Å²) in [7, 11) is 0. The van der Waals surface area contributed by atoms with Crippen molar-refractivity contribution < 1.29 is 5.11 Å². The summed E-state index contributed by atoms with van der Waals surface area (Å²) in [4.78, 5) is 4.40. The highest BCUT2D eigenvalue weighted by Gasteiger charge is 2.10. The summed E-state index contributed by atoms with van der Waals surface area (Å²) in [6.07, 6.45) is 3.41. The van der Waals surface area contributed by atoms with Crippen LogP contribution in [0.3, 0.4) is 0 Å². The Morgan fingerprint density at radius 2 is 2.21 bits per heavy atom. The fraction of sp³-hybridized carbons (Fsp3) is 0.188. The molecule has 0 radical (unpaired) electrons. The lowest BCUT2D eigenvalue weighted by atomic mass is 10.0.